The number of methoxy groups -OCH3 is 2. The number of ether oxygens (including phenoxy) is 2. The zero-order valence-electron chi connectivity index (χ0n) is 13.3. The number of phenols is 1. The normalized spacial score (nSPS) is 31.4. The van der Waals surface area contributed by atoms with E-state index in [0.29, 0.717) is 11.5 Å². The van der Waals surface area contributed by atoms with Gasteiger partial charge in [0.05, 0.1) is 19.8 Å². The second kappa shape index (κ2) is 5.97. The van der Waals surface area contributed by atoms with Gasteiger partial charge >= 0.3 is 0 Å². The predicted molar refractivity (Wildman–Crippen MR) is 83.5 cm³/mol. The highest BCUT2D eigenvalue weighted by Crippen LogP contribution is 2.48. The first-order chi connectivity index (χ1) is 10.6. The molecule has 0 amide bonds. The van der Waals surface area contributed by atoms with Gasteiger partial charge in [-0.25, -0.2) is 0 Å². The molecule has 122 valence electrons. The van der Waals surface area contributed by atoms with Crippen LogP contribution >= 0.6 is 0 Å². The summed E-state index contributed by atoms with van der Waals surface area (Å²) in [5.74, 6) is 1.01. The second-order valence-corrected chi connectivity index (χ2v) is 6.41. The van der Waals surface area contributed by atoms with Gasteiger partial charge in [0.25, 0.3) is 0 Å². The lowest BCUT2D eigenvalue weighted by molar-refractivity contribution is -0.0861. The van der Waals surface area contributed by atoms with Crippen molar-refractivity contribution in [2.24, 2.45) is 5.92 Å². The zero-order chi connectivity index (χ0) is 15.7. The summed E-state index contributed by atoms with van der Waals surface area (Å²) in [6, 6.07) is 3.74. The molecular weight excluding hydrogens is 282 g/mol. The van der Waals surface area contributed by atoms with Gasteiger partial charge in [0, 0.05) is 12.0 Å². The van der Waals surface area contributed by atoms with Crippen molar-refractivity contribution in [3.8, 4) is 17.2 Å². The van der Waals surface area contributed by atoms with E-state index in [2.05, 4.69) is 5.32 Å². The maximum atomic E-state index is 11.0. The van der Waals surface area contributed by atoms with Crippen LogP contribution in [-0.4, -0.2) is 36.6 Å². The fourth-order valence-electron chi connectivity index (χ4n) is 4.07. The number of phenolic OH excluding ortho intramolecular Hbond substituents is 1. The van der Waals surface area contributed by atoms with Crippen LogP contribution in [-0.2, 0) is 0 Å². The van der Waals surface area contributed by atoms with Gasteiger partial charge < -0.3 is 25.0 Å². The van der Waals surface area contributed by atoms with Crippen molar-refractivity contribution >= 4 is 0 Å². The molecule has 1 aliphatic heterocycles. The Morgan fingerprint density at radius 2 is 1.82 bits per heavy atom. The Morgan fingerprint density at radius 1 is 1.14 bits per heavy atom. The summed E-state index contributed by atoms with van der Waals surface area (Å²) in [4.78, 5) is 0. The average Bonchev–Trinajstić information content (AvgIpc) is 2.54. The van der Waals surface area contributed by atoms with E-state index in [1.807, 2.05) is 12.1 Å². The third kappa shape index (κ3) is 2.52. The smallest absolute Gasteiger partial charge is 0.200 e. The van der Waals surface area contributed by atoms with E-state index in [0.717, 1.165) is 44.2 Å². The number of aliphatic hydroxyl groups is 1. The molecule has 22 heavy (non-hydrogen) atoms. The van der Waals surface area contributed by atoms with Crippen molar-refractivity contribution in [3.05, 3.63) is 17.7 Å². The van der Waals surface area contributed by atoms with Crippen LogP contribution in [0.25, 0.3) is 0 Å². The molecule has 1 aromatic carbocycles. The first-order valence-electron chi connectivity index (χ1n) is 7.99. The highest BCUT2D eigenvalue weighted by Gasteiger charge is 2.46. The first-order valence-corrected chi connectivity index (χ1v) is 7.99. The molecule has 1 aromatic rings. The molecule has 0 spiro atoms. The van der Waals surface area contributed by atoms with Crippen LogP contribution in [0.2, 0.25) is 0 Å². The summed E-state index contributed by atoms with van der Waals surface area (Å²) in [7, 11) is 3.06. The van der Waals surface area contributed by atoms with Gasteiger partial charge in [-0.15, -0.1) is 0 Å². The third-order valence-corrected chi connectivity index (χ3v) is 5.25. The van der Waals surface area contributed by atoms with E-state index in [4.69, 9.17) is 9.47 Å². The van der Waals surface area contributed by atoms with Gasteiger partial charge in [-0.2, -0.15) is 0 Å². The zero-order valence-corrected chi connectivity index (χ0v) is 13.3. The average molecular weight is 307 g/mol. The Labute approximate surface area is 131 Å². The quantitative estimate of drug-likeness (QED) is 0.800. The number of hydrogen-bond donors (Lipinski definition) is 3. The summed E-state index contributed by atoms with van der Waals surface area (Å²) in [5.41, 5.74) is 0.420. The Morgan fingerprint density at radius 3 is 2.45 bits per heavy atom. The number of nitrogens with one attached hydrogen (secondary N) is 1. The molecule has 0 bridgehead atoms. The highest BCUT2D eigenvalue weighted by atomic mass is 16.5. The van der Waals surface area contributed by atoms with E-state index < -0.39 is 5.60 Å². The molecule has 5 heteroatoms. The van der Waals surface area contributed by atoms with Crippen LogP contribution in [0.1, 0.15) is 43.7 Å². The maximum absolute atomic E-state index is 11.0. The highest BCUT2D eigenvalue weighted by molar-refractivity contribution is 5.53. The molecule has 5 nitrogen and oxygen atoms in total. The lowest BCUT2D eigenvalue weighted by Gasteiger charge is -2.48. The molecular formula is C17H25NO4. The molecule has 0 aromatic heterocycles. The molecule has 3 rings (SSSR count). The Bertz CT molecular complexity index is 518. The second-order valence-electron chi connectivity index (χ2n) is 6.41. The summed E-state index contributed by atoms with van der Waals surface area (Å²) in [6.07, 6.45) is 4.95. The molecule has 1 saturated heterocycles. The molecule has 2 aliphatic rings. The molecule has 2 fully saturated rings. The van der Waals surface area contributed by atoms with Crippen LogP contribution in [0, 0.1) is 5.92 Å². The first kappa shape index (κ1) is 15.4. The van der Waals surface area contributed by atoms with Crippen LogP contribution in [0.3, 0.4) is 0 Å². The summed E-state index contributed by atoms with van der Waals surface area (Å²) in [5, 5.41) is 24.6. The van der Waals surface area contributed by atoms with E-state index in [9.17, 15) is 10.2 Å². The molecule has 1 saturated carbocycles. The number of fused-ring (bicyclic) bond motifs is 1. The van der Waals surface area contributed by atoms with E-state index in [-0.39, 0.29) is 17.7 Å². The number of hydrogen-bond acceptors (Lipinski definition) is 5. The van der Waals surface area contributed by atoms with Crippen LogP contribution in [0.5, 0.6) is 17.2 Å². The van der Waals surface area contributed by atoms with Crippen LogP contribution < -0.4 is 14.8 Å². The number of benzene rings is 1. The van der Waals surface area contributed by atoms with Crippen molar-refractivity contribution < 1.29 is 19.7 Å². The van der Waals surface area contributed by atoms with Crippen molar-refractivity contribution in [1.29, 1.82) is 0 Å². The standard InChI is InChI=1S/C17H25NO4/c1-21-13-9-11(10-14(22-2)16(13)19)15-12-5-3-4-6-17(12,20)7-8-18-15/h9-10,12,15,18-20H,3-8H2,1-2H3. The van der Waals surface area contributed by atoms with Crippen molar-refractivity contribution in [3.63, 3.8) is 0 Å². The van der Waals surface area contributed by atoms with E-state index in [1.165, 1.54) is 14.2 Å². The fraction of sp³-hybridized carbons (Fsp3) is 0.647. The SMILES string of the molecule is COc1cc(C2NCCC3(O)CCCCC23)cc(OC)c1O. The summed E-state index contributed by atoms with van der Waals surface area (Å²) < 4.78 is 10.5. The number of piperidine rings is 1. The van der Waals surface area contributed by atoms with Gasteiger partial charge in [0.2, 0.25) is 5.75 Å². The van der Waals surface area contributed by atoms with Gasteiger partial charge in [0.15, 0.2) is 11.5 Å². The largest absolute Gasteiger partial charge is 0.502 e. The Balaban J connectivity index is 1.98. The minimum atomic E-state index is -0.577. The molecule has 1 aliphatic carbocycles. The van der Waals surface area contributed by atoms with Crippen molar-refractivity contribution in [1.82, 2.24) is 5.32 Å². The molecule has 1 heterocycles. The van der Waals surface area contributed by atoms with E-state index in [1.54, 1.807) is 0 Å². The van der Waals surface area contributed by atoms with Gasteiger partial charge in [-0.1, -0.05) is 12.8 Å². The monoisotopic (exact) mass is 307 g/mol. The lowest BCUT2D eigenvalue weighted by Crippen LogP contribution is -2.53. The summed E-state index contributed by atoms with van der Waals surface area (Å²) in [6.45, 7) is 0.795. The molecule has 3 atom stereocenters. The minimum Gasteiger partial charge on any atom is -0.502 e. The van der Waals surface area contributed by atoms with E-state index >= 15 is 0 Å². The topological polar surface area (TPSA) is 71.0 Å². The van der Waals surface area contributed by atoms with Crippen molar-refractivity contribution in [2.75, 3.05) is 20.8 Å². The molecule has 3 N–H and O–H groups in total. The minimum absolute atomic E-state index is 0.0171. The van der Waals surface area contributed by atoms with Crippen LogP contribution in [0.4, 0.5) is 0 Å². The van der Waals surface area contributed by atoms with Gasteiger partial charge in [-0.3, -0.25) is 0 Å². The Kier molecular flexibility index (Phi) is 4.19. The lowest BCUT2D eigenvalue weighted by atomic mass is 9.67. The third-order valence-electron chi connectivity index (χ3n) is 5.25. The van der Waals surface area contributed by atoms with Crippen molar-refractivity contribution in [2.45, 2.75) is 43.7 Å². The Hall–Kier alpha value is -1.46. The predicted octanol–water partition coefficient (Wildman–Crippen LogP) is 2.37. The number of aromatic hydroxyl groups is 1. The fourth-order valence-corrected chi connectivity index (χ4v) is 4.07. The van der Waals surface area contributed by atoms with Gasteiger partial charge in [-0.05, 0) is 43.5 Å². The van der Waals surface area contributed by atoms with Gasteiger partial charge in [0.1, 0.15) is 0 Å². The molecule has 3 unspecified atom stereocenters. The molecule has 0 radical (unpaired) electrons. The number of rotatable bonds is 3. The maximum Gasteiger partial charge on any atom is 0.200 e. The van der Waals surface area contributed by atoms with Crippen LogP contribution in [0.15, 0.2) is 12.1 Å². The summed E-state index contributed by atoms with van der Waals surface area (Å²) >= 11 is 0.